The highest BCUT2D eigenvalue weighted by Gasteiger charge is 2.11. The Morgan fingerprint density at radius 3 is 2.90 bits per heavy atom. The molecule has 1 aromatic carbocycles. The molecule has 0 aliphatic carbocycles. The molecule has 2 rings (SSSR count). The Balaban J connectivity index is 2.11. The van der Waals surface area contributed by atoms with Crippen LogP contribution < -0.4 is 16.2 Å². The Labute approximate surface area is 116 Å². The molecule has 1 unspecified atom stereocenters. The van der Waals surface area contributed by atoms with Gasteiger partial charge < -0.3 is 10.3 Å². The number of fused-ring (bicyclic) bond motifs is 1. The molecule has 6 heteroatoms. The van der Waals surface area contributed by atoms with Gasteiger partial charge in [-0.2, -0.15) is 0 Å². The molecule has 106 valence electrons. The van der Waals surface area contributed by atoms with E-state index in [9.17, 15) is 9.59 Å². The van der Waals surface area contributed by atoms with Gasteiger partial charge in [0.05, 0.1) is 23.5 Å². The van der Waals surface area contributed by atoms with Crippen LogP contribution in [-0.4, -0.2) is 28.5 Å². The first-order chi connectivity index (χ1) is 9.61. The lowest BCUT2D eigenvalue weighted by molar-refractivity contribution is -0.122. The minimum atomic E-state index is -0.341. The average molecular weight is 274 g/mol. The van der Waals surface area contributed by atoms with E-state index in [4.69, 9.17) is 0 Å². The Morgan fingerprint density at radius 1 is 1.40 bits per heavy atom. The van der Waals surface area contributed by atoms with Crippen LogP contribution >= 0.6 is 0 Å². The van der Waals surface area contributed by atoms with Crippen LogP contribution in [0.4, 0.5) is 0 Å². The molecule has 0 aliphatic rings. The molecular formula is C14H18N4O2. The second-order valence-electron chi connectivity index (χ2n) is 4.53. The molecule has 0 saturated carbocycles. The number of benzene rings is 1. The number of nitrogens with zero attached hydrogens (tertiary/aromatic N) is 1. The van der Waals surface area contributed by atoms with E-state index in [0.717, 1.165) is 0 Å². The van der Waals surface area contributed by atoms with Crippen molar-refractivity contribution in [2.45, 2.75) is 26.4 Å². The highest BCUT2D eigenvalue weighted by atomic mass is 16.2. The fourth-order valence-corrected chi connectivity index (χ4v) is 1.89. The van der Waals surface area contributed by atoms with E-state index in [0.29, 0.717) is 29.8 Å². The summed E-state index contributed by atoms with van der Waals surface area (Å²) in [6.07, 6.45) is 0. The number of H-pyrrole nitrogens is 1. The third-order valence-electron chi connectivity index (χ3n) is 2.98. The number of aromatic nitrogens is 2. The topological polar surface area (TPSA) is 86.9 Å². The van der Waals surface area contributed by atoms with Crippen molar-refractivity contribution < 1.29 is 4.79 Å². The van der Waals surface area contributed by atoms with Crippen LogP contribution in [0, 0.1) is 0 Å². The summed E-state index contributed by atoms with van der Waals surface area (Å²) in [6.45, 7) is 4.56. The van der Waals surface area contributed by atoms with E-state index >= 15 is 0 Å². The Hall–Kier alpha value is -2.21. The summed E-state index contributed by atoms with van der Waals surface area (Å²) in [6, 6.07) is 6.82. The Bertz CT molecular complexity index is 666. The maximum Gasteiger partial charge on any atom is 0.258 e. The number of rotatable bonds is 5. The van der Waals surface area contributed by atoms with Gasteiger partial charge >= 0.3 is 0 Å². The van der Waals surface area contributed by atoms with E-state index in [1.807, 2.05) is 13.0 Å². The van der Waals surface area contributed by atoms with Crippen molar-refractivity contribution in [2.75, 3.05) is 6.54 Å². The minimum Gasteiger partial charge on any atom is -0.355 e. The molecule has 1 aromatic heterocycles. The van der Waals surface area contributed by atoms with Crippen molar-refractivity contribution in [1.82, 2.24) is 20.6 Å². The van der Waals surface area contributed by atoms with Crippen molar-refractivity contribution in [3.63, 3.8) is 0 Å². The fourth-order valence-electron chi connectivity index (χ4n) is 1.89. The maximum atomic E-state index is 11.9. The second kappa shape index (κ2) is 6.29. The largest absolute Gasteiger partial charge is 0.355 e. The van der Waals surface area contributed by atoms with Crippen molar-refractivity contribution in [1.29, 1.82) is 0 Å². The molecule has 1 heterocycles. The zero-order valence-corrected chi connectivity index (χ0v) is 11.6. The summed E-state index contributed by atoms with van der Waals surface area (Å²) in [5.41, 5.74) is 0.483. The van der Waals surface area contributed by atoms with Crippen LogP contribution in [-0.2, 0) is 11.3 Å². The minimum absolute atomic E-state index is 0.0735. The predicted octanol–water partition coefficient (Wildman–Crippen LogP) is 0.537. The number of likely N-dealkylation sites (N-methyl/N-ethyl adjacent to an activating group) is 1. The first-order valence-electron chi connectivity index (χ1n) is 6.61. The van der Waals surface area contributed by atoms with Crippen LogP contribution in [0.5, 0.6) is 0 Å². The van der Waals surface area contributed by atoms with Crippen molar-refractivity contribution in [3.8, 4) is 0 Å². The average Bonchev–Trinajstić information content (AvgIpc) is 2.45. The van der Waals surface area contributed by atoms with Crippen LogP contribution in [0.25, 0.3) is 10.9 Å². The number of nitrogens with one attached hydrogen (secondary N) is 3. The molecule has 6 nitrogen and oxygen atoms in total. The molecule has 20 heavy (non-hydrogen) atoms. The molecule has 0 bridgehead atoms. The van der Waals surface area contributed by atoms with E-state index in [1.54, 1.807) is 25.1 Å². The number of para-hydroxylation sites is 1. The first kappa shape index (κ1) is 14.2. The van der Waals surface area contributed by atoms with Gasteiger partial charge in [0.1, 0.15) is 5.82 Å². The molecule has 0 fully saturated rings. The predicted molar refractivity (Wildman–Crippen MR) is 77.3 cm³/mol. The van der Waals surface area contributed by atoms with Crippen molar-refractivity contribution >= 4 is 16.8 Å². The lowest BCUT2D eigenvalue weighted by atomic mass is 10.2. The molecular weight excluding hydrogens is 256 g/mol. The number of aromatic amines is 1. The Morgan fingerprint density at radius 2 is 2.15 bits per heavy atom. The van der Waals surface area contributed by atoms with Gasteiger partial charge in [-0.25, -0.2) is 4.98 Å². The molecule has 3 N–H and O–H groups in total. The molecule has 2 aromatic rings. The van der Waals surface area contributed by atoms with Gasteiger partial charge in [-0.15, -0.1) is 0 Å². The zero-order chi connectivity index (χ0) is 14.5. The summed E-state index contributed by atoms with van der Waals surface area (Å²) in [5.74, 6) is 0.445. The lowest BCUT2D eigenvalue weighted by Gasteiger charge is -2.12. The van der Waals surface area contributed by atoms with Crippen LogP contribution in [0.2, 0.25) is 0 Å². The lowest BCUT2D eigenvalue weighted by Crippen LogP contribution is -2.42. The molecule has 1 amide bonds. The van der Waals surface area contributed by atoms with E-state index in [1.165, 1.54) is 0 Å². The number of carbonyl (C=O) groups is 1. The molecule has 0 saturated heterocycles. The van der Waals surface area contributed by atoms with Gasteiger partial charge in [-0.1, -0.05) is 12.1 Å². The zero-order valence-electron chi connectivity index (χ0n) is 11.6. The fraction of sp³-hybridized carbons (Fsp3) is 0.357. The summed E-state index contributed by atoms with van der Waals surface area (Å²) in [4.78, 5) is 30.5. The van der Waals surface area contributed by atoms with E-state index in [2.05, 4.69) is 20.6 Å². The van der Waals surface area contributed by atoms with Crippen molar-refractivity contribution in [2.24, 2.45) is 0 Å². The normalized spacial score (nSPS) is 12.3. The van der Waals surface area contributed by atoms with Gasteiger partial charge in [0.2, 0.25) is 5.91 Å². The van der Waals surface area contributed by atoms with E-state index < -0.39 is 0 Å². The standard InChI is InChI=1S/C14H18N4O2/c1-3-15-13(19)9(2)16-8-12-17-11-7-5-4-6-10(11)14(20)18-12/h4-7,9,16H,3,8H2,1-2H3,(H,15,19)(H,17,18,20). The van der Waals surface area contributed by atoms with Gasteiger partial charge in [0, 0.05) is 6.54 Å². The molecule has 0 spiro atoms. The summed E-state index contributed by atoms with van der Waals surface area (Å²) in [5, 5.41) is 6.32. The van der Waals surface area contributed by atoms with E-state index in [-0.39, 0.29) is 17.5 Å². The van der Waals surface area contributed by atoms with Gasteiger partial charge in [0.25, 0.3) is 5.56 Å². The highest BCUT2D eigenvalue weighted by Crippen LogP contribution is 2.05. The quantitative estimate of drug-likeness (QED) is 0.742. The number of amides is 1. The van der Waals surface area contributed by atoms with Gasteiger partial charge in [-0.3, -0.25) is 14.9 Å². The summed E-state index contributed by atoms with van der Waals surface area (Å²) < 4.78 is 0. The third kappa shape index (κ3) is 3.21. The summed E-state index contributed by atoms with van der Waals surface area (Å²) >= 11 is 0. The van der Waals surface area contributed by atoms with Gasteiger partial charge in [-0.05, 0) is 26.0 Å². The molecule has 0 aliphatic heterocycles. The monoisotopic (exact) mass is 274 g/mol. The molecule has 0 radical (unpaired) electrons. The smallest absolute Gasteiger partial charge is 0.258 e. The number of hydrogen-bond acceptors (Lipinski definition) is 4. The first-order valence-corrected chi connectivity index (χ1v) is 6.61. The number of carbonyl (C=O) groups excluding carboxylic acids is 1. The second-order valence-corrected chi connectivity index (χ2v) is 4.53. The third-order valence-corrected chi connectivity index (χ3v) is 2.98. The molecule has 1 atom stereocenters. The van der Waals surface area contributed by atoms with Crippen LogP contribution in [0.3, 0.4) is 0 Å². The van der Waals surface area contributed by atoms with Crippen LogP contribution in [0.15, 0.2) is 29.1 Å². The number of hydrogen-bond donors (Lipinski definition) is 3. The highest BCUT2D eigenvalue weighted by molar-refractivity contribution is 5.81. The Kier molecular flexibility index (Phi) is 4.47. The van der Waals surface area contributed by atoms with Crippen molar-refractivity contribution in [3.05, 3.63) is 40.4 Å². The SMILES string of the molecule is CCNC(=O)C(C)NCc1nc2ccccc2c(=O)[nH]1. The van der Waals surface area contributed by atoms with Gasteiger partial charge in [0.15, 0.2) is 0 Å². The van der Waals surface area contributed by atoms with Crippen LogP contribution in [0.1, 0.15) is 19.7 Å². The summed E-state index contributed by atoms with van der Waals surface area (Å²) in [7, 11) is 0. The maximum absolute atomic E-state index is 11.9.